The molecule has 0 aliphatic carbocycles. The fourth-order valence-corrected chi connectivity index (χ4v) is 3.80. The molecule has 1 aliphatic heterocycles. The van der Waals surface area contributed by atoms with Gasteiger partial charge in [-0.3, -0.25) is 9.59 Å². The second-order valence-electron chi connectivity index (χ2n) is 6.10. The molecule has 1 fully saturated rings. The van der Waals surface area contributed by atoms with Crippen molar-refractivity contribution in [2.45, 2.75) is 18.9 Å². The lowest BCUT2D eigenvalue weighted by Gasteiger charge is -2.24. The van der Waals surface area contributed by atoms with Crippen LogP contribution in [0.2, 0.25) is 0 Å². The average Bonchev–Trinajstić information content (AvgIpc) is 3.11. The quantitative estimate of drug-likeness (QED) is 0.717. The van der Waals surface area contributed by atoms with Crippen LogP contribution in [0.4, 0.5) is 0 Å². The van der Waals surface area contributed by atoms with Gasteiger partial charge in [-0.15, -0.1) is 0 Å². The normalized spacial score (nSPS) is 17.2. The molecule has 6 heteroatoms. The summed E-state index contributed by atoms with van der Waals surface area (Å²) >= 11 is 3.44. The molecule has 1 saturated heterocycles. The van der Waals surface area contributed by atoms with Crippen molar-refractivity contribution in [2.24, 2.45) is 0 Å². The Kier molecular flexibility index (Phi) is 4.13. The van der Waals surface area contributed by atoms with Crippen LogP contribution in [0.5, 0.6) is 0 Å². The number of aromatic nitrogens is 2. The van der Waals surface area contributed by atoms with E-state index in [1.165, 1.54) is 0 Å². The van der Waals surface area contributed by atoms with E-state index in [0.29, 0.717) is 28.8 Å². The summed E-state index contributed by atoms with van der Waals surface area (Å²) < 4.78 is 0.769. The zero-order valence-electron chi connectivity index (χ0n) is 13.4. The van der Waals surface area contributed by atoms with Crippen LogP contribution in [-0.4, -0.2) is 27.3 Å². The Balaban J connectivity index is 1.74. The van der Waals surface area contributed by atoms with E-state index in [0.717, 1.165) is 17.3 Å². The van der Waals surface area contributed by atoms with Crippen LogP contribution in [-0.2, 0) is 0 Å². The van der Waals surface area contributed by atoms with Gasteiger partial charge >= 0.3 is 0 Å². The Hall–Kier alpha value is -2.47. The molecule has 3 aromatic rings. The predicted octanol–water partition coefficient (Wildman–Crippen LogP) is 3.66. The van der Waals surface area contributed by atoms with E-state index in [1.807, 2.05) is 36.4 Å². The molecule has 2 aromatic carbocycles. The fraction of sp³-hybridized carbons (Fsp3) is 0.211. The van der Waals surface area contributed by atoms with Crippen LogP contribution in [0.1, 0.15) is 35.1 Å². The molecule has 1 amide bonds. The van der Waals surface area contributed by atoms with E-state index in [2.05, 4.69) is 25.9 Å². The number of likely N-dealkylation sites (tertiary alicyclic amines) is 1. The SMILES string of the molecule is O=C(c1ccccc1Br)N1CCC[C@H]1c1nc2ccccc2c(=O)[nH]1. The number of halogens is 1. The van der Waals surface area contributed by atoms with Crippen LogP contribution >= 0.6 is 15.9 Å². The van der Waals surface area contributed by atoms with Gasteiger partial charge in [-0.25, -0.2) is 4.98 Å². The number of amides is 1. The molecule has 0 spiro atoms. The number of para-hydroxylation sites is 1. The fourth-order valence-electron chi connectivity index (χ4n) is 3.35. The third-order valence-electron chi connectivity index (χ3n) is 4.56. The van der Waals surface area contributed by atoms with Crippen LogP contribution in [0.3, 0.4) is 0 Å². The Morgan fingerprint density at radius 2 is 1.92 bits per heavy atom. The molecular weight excluding hydrogens is 382 g/mol. The molecule has 1 atom stereocenters. The number of hydrogen-bond acceptors (Lipinski definition) is 3. The lowest BCUT2D eigenvalue weighted by atomic mass is 10.1. The topological polar surface area (TPSA) is 66.1 Å². The maximum atomic E-state index is 13.0. The average molecular weight is 398 g/mol. The molecule has 0 radical (unpaired) electrons. The molecule has 126 valence electrons. The van der Waals surface area contributed by atoms with Gasteiger partial charge in [0.15, 0.2) is 0 Å². The highest BCUT2D eigenvalue weighted by Gasteiger charge is 2.33. The maximum Gasteiger partial charge on any atom is 0.258 e. The predicted molar refractivity (Wildman–Crippen MR) is 99.5 cm³/mol. The summed E-state index contributed by atoms with van der Waals surface area (Å²) in [6, 6.07) is 14.4. The monoisotopic (exact) mass is 397 g/mol. The first-order valence-corrected chi connectivity index (χ1v) is 8.99. The minimum absolute atomic E-state index is 0.0502. The maximum absolute atomic E-state index is 13.0. The number of fused-ring (bicyclic) bond motifs is 1. The van der Waals surface area contributed by atoms with Gasteiger partial charge in [0.1, 0.15) is 5.82 Å². The van der Waals surface area contributed by atoms with E-state index in [9.17, 15) is 9.59 Å². The van der Waals surface area contributed by atoms with Gasteiger partial charge in [-0.05, 0) is 53.0 Å². The van der Waals surface area contributed by atoms with Crippen molar-refractivity contribution in [3.05, 3.63) is 74.7 Å². The summed E-state index contributed by atoms with van der Waals surface area (Å²) in [7, 11) is 0. The number of carbonyl (C=O) groups is 1. The van der Waals surface area contributed by atoms with Gasteiger partial charge in [0, 0.05) is 11.0 Å². The zero-order valence-corrected chi connectivity index (χ0v) is 15.0. The molecule has 5 nitrogen and oxygen atoms in total. The standard InChI is InChI=1S/C19H16BrN3O2/c20-14-8-3-1-6-12(14)19(25)23-11-5-10-16(23)17-21-15-9-4-2-7-13(15)18(24)22-17/h1-4,6-9,16H,5,10-11H2,(H,21,22,24)/t16-/m0/s1. The third-order valence-corrected chi connectivity index (χ3v) is 5.26. The number of hydrogen-bond donors (Lipinski definition) is 1. The minimum Gasteiger partial charge on any atom is -0.328 e. The largest absolute Gasteiger partial charge is 0.328 e. The molecule has 25 heavy (non-hydrogen) atoms. The van der Waals surface area contributed by atoms with Crippen LogP contribution in [0, 0.1) is 0 Å². The lowest BCUT2D eigenvalue weighted by Crippen LogP contribution is -2.32. The molecule has 0 unspecified atom stereocenters. The van der Waals surface area contributed by atoms with E-state index in [-0.39, 0.29) is 17.5 Å². The van der Waals surface area contributed by atoms with Gasteiger partial charge in [-0.1, -0.05) is 24.3 Å². The zero-order chi connectivity index (χ0) is 17.4. The van der Waals surface area contributed by atoms with E-state index in [4.69, 9.17) is 0 Å². The number of aromatic amines is 1. The van der Waals surface area contributed by atoms with Gasteiger partial charge < -0.3 is 9.88 Å². The minimum atomic E-state index is -0.211. The summed E-state index contributed by atoms with van der Waals surface area (Å²) in [6.45, 7) is 0.654. The lowest BCUT2D eigenvalue weighted by molar-refractivity contribution is 0.0729. The molecule has 4 rings (SSSR count). The molecule has 1 aromatic heterocycles. The highest BCUT2D eigenvalue weighted by atomic mass is 79.9. The summed E-state index contributed by atoms with van der Waals surface area (Å²) in [5.41, 5.74) is 1.11. The summed E-state index contributed by atoms with van der Waals surface area (Å²) in [5, 5.41) is 0.563. The van der Waals surface area contributed by atoms with E-state index >= 15 is 0 Å². The first-order chi connectivity index (χ1) is 12.1. The Morgan fingerprint density at radius 3 is 2.76 bits per heavy atom. The van der Waals surface area contributed by atoms with Crippen molar-refractivity contribution in [1.29, 1.82) is 0 Å². The molecule has 0 bridgehead atoms. The first kappa shape index (κ1) is 16.0. The van der Waals surface area contributed by atoms with Gasteiger partial charge in [0.25, 0.3) is 11.5 Å². The highest BCUT2D eigenvalue weighted by molar-refractivity contribution is 9.10. The third kappa shape index (κ3) is 2.87. The van der Waals surface area contributed by atoms with Crippen LogP contribution in [0.25, 0.3) is 10.9 Å². The number of nitrogens with one attached hydrogen (secondary N) is 1. The first-order valence-electron chi connectivity index (χ1n) is 8.19. The second-order valence-corrected chi connectivity index (χ2v) is 6.96. The van der Waals surface area contributed by atoms with E-state index in [1.54, 1.807) is 17.0 Å². The Morgan fingerprint density at radius 1 is 1.16 bits per heavy atom. The van der Waals surface area contributed by atoms with Gasteiger partial charge in [0.2, 0.25) is 0 Å². The van der Waals surface area contributed by atoms with Crippen LogP contribution < -0.4 is 5.56 Å². The highest BCUT2D eigenvalue weighted by Crippen LogP contribution is 2.32. The van der Waals surface area contributed by atoms with Crippen molar-refractivity contribution in [1.82, 2.24) is 14.9 Å². The molecule has 0 saturated carbocycles. The van der Waals surface area contributed by atoms with Crippen molar-refractivity contribution < 1.29 is 4.79 Å². The van der Waals surface area contributed by atoms with Crippen molar-refractivity contribution in [3.8, 4) is 0 Å². The molecule has 1 N–H and O–H groups in total. The van der Waals surface area contributed by atoms with Gasteiger partial charge in [0.05, 0.1) is 22.5 Å². The smallest absolute Gasteiger partial charge is 0.258 e. The number of carbonyl (C=O) groups excluding carboxylic acids is 1. The number of benzene rings is 2. The van der Waals surface area contributed by atoms with Crippen molar-refractivity contribution >= 4 is 32.7 Å². The molecule has 2 heterocycles. The molecular formula is C19H16BrN3O2. The summed E-state index contributed by atoms with van der Waals surface area (Å²) in [6.07, 6.45) is 1.68. The Labute approximate surface area is 152 Å². The van der Waals surface area contributed by atoms with Crippen LogP contribution in [0.15, 0.2) is 57.8 Å². The number of rotatable bonds is 2. The number of nitrogens with zero attached hydrogens (tertiary/aromatic N) is 2. The van der Waals surface area contributed by atoms with E-state index < -0.39 is 0 Å². The van der Waals surface area contributed by atoms with Crippen molar-refractivity contribution in [2.75, 3.05) is 6.54 Å². The van der Waals surface area contributed by atoms with Crippen molar-refractivity contribution in [3.63, 3.8) is 0 Å². The molecule has 1 aliphatic rings. The number of H-pyrrole nitrogens is 1. The second kappa shape index (κ2) is 6.44. The summed E-state index contributed by atoms with van der Waals surface area (Å²) in [4.78, 5) is 34.6. The summed E-state index contributed by atoms with van der Waals surface area (Å²) in [5.74, 6) is 0.507. The van der Waals surface area contributed by atoms with Gasteiger partial charge in [-0.2, -0.15) is 0 Å². The Bertz CT molecular complexity index is 1010.